The van der Waals surface area contributed by atoms with Gasteiger partial charge in [-0.25, -0.2) is 0 Å². The highest BCUT2D eigenvalue weighted by molar-refractivity contribution is 7.85. The zero-order chi connectivity index (χ0) is 39.1. The van der Waals surface area contributed by atoms with E-state index in [1.807, 2.05) is 6.08 Å². The summed E-state index contributed by atoms with van der Waals surface area (Å²) in [4.78, 5) is 12.6. The van der Waals surface area contributed by atoms with Gasteiger partial charge in [0.05, 0.1) is 17.9 Å². The summed E-state index contributed by atoms with van der Waals surface area (Å²) in [6.45, 7) is 4.53. The first-order valence-electron chi connectivity index (χ1n) is 23.0. The van der Waals surface area contributed by atoms with E-state index in [1.165, 1.54) is 186 Å². The minimum atomic E-state index is -4.44. The van der Waals surface area contributed by atoms with Crippen LogP contribution >= 0.6 is 0 Å². The molecule has 0 bridgehead atoms. The van der Waals surface area contributed by atoms with Gasteiger partial charge in [-0.05, 0) is 19.3 Å². The van der Waals surface area contributed by atoms with Gasteiger partial charge in [-0.3, -0.25) is 9.35 Å². The number of nitrogens with one attached hydrogen (secondary N) is 1. The van der Waals surface area contributed by atoms with Crippen molar-refractivity contribution < 1.29 is 28.0 Å². The predicted molar refractivity (Wildman–Crippen MR) is 227 cm³/mol. The molecule has 3 unspecified atom stereocenters. The highest BCUT2D eigenvalue weighted by atomic mass is 32.2. The fourth-order valence-electron chi connectivity index (χ4n) is 7.28. The lowest BCUT2D eigenvalue weighted by Crippen LogP contribution is -2.50. The number of carbonyl (C=O) groups excluding carboxylic acids is 1. The Hall–Kier alpha value is -0.960. The molecule has 316 valence electrons. The zero-order valence-corrected chi connectivity index (χ0v) is 35.8. The lowest BCUT2D eigenvalue weighted by atomic mass is 10.0. The second-order valence-corrected chi connectivity index (χ2v) is 17.7. The number of aliphatic hydroxyl groups excluding tert-OH is 2. The van der Waals surface area contributed by atoms with Crippen LogP contribution in [0.5, 0.6) is 0 Å². The van der Waals surface area contributed by atoms with E-state index < -0.39 is 40.0 Å². The Balaban J connectivity index is 3.93. The van der Waals surface area contributed by atoms with Crippen molar-refractivity contribution in [2.45, 2.75) is 263 Å². The molecule has 7 nitrogen and oxygen atoms in total. The largest absolute Gasteiger partial charge is 0.387 e. The summed E-state index contributed by atoms with van der Waals surface area (Å²) in [7, 11) is -4.44. The van der Waals surface area contributed by atoms with Gasteiger partial charge in [0.2, 0.25) is 5.91 Å². The number of rotatable bonds is 42. The molecule has 0 saturated carbocycles. The summed E-state index contributed by atoms with van der Waals surface area (Å²) >= 11 is 0. The number of allylic oxidation sites excluding steroid dienone is 1. The van der Waals surface area contributed by atoms with E-state index in [9.17, 15) is 28.0 Å². The molecule has 0 fully saturated rings. The molecular weight excluding hydrogens is 683 g/mol. The van der Waals surface area contributed by atoms with E-state index in [0.29, 0.717) is 6.42 Å². The van der Waals surface area contributed by atoms with Crippen LogP contribution in [-0.4, -0.2) is 53.1 Å². The van der Waals surface area contributed by atoms with Crippen LogP contribution in [0.3, 0.4) is 0 Å². The molecular formula is C45H89NO6S. The van der Waals surface area contributed by atoms with Crippen molar-refractivity contribution in [2.24, 2.45) is 0 Å². The van der Waals surface area contributed by atoms with E-state index in [4.69, 9.17) is 0 Å². The Morgan fingerprint density at radius 3 is 1.13 bits per heavy atom. The molecule has 1 amide bonds. The summed E-state index contributed by atoms with van der Waals surface area (Å²) in [6.07, 6.45) is 45.6. The van der Waals surface area contributed by atoms with E-state index in [-0.39, 0.29) is 6.42 Å². The summed E-state index contributed by atoms with van der Waals surface area (Å²) in [5, 5.41) is 23.5. The smallest absolute Gasteiger partial charge is 0.267 e. The number of hydrogen-bond acceptors (Lipinski definition) is 5. The normalized spacial score (nSPS) is 13.8. The van der Waals surface area contributed by atoms with Crippen LogP contribution in [0.15, 0.2) is 12.2 Å². The first-order chi connectivity index (χ1) is 25.7. The molecule has 0 rings (SSSR count). The first kappa shape index (κ1) is 52.0. The minimum Gasteiger partial charge on any atom is -0.387 e. The molecule has 0 aliphatic carbocycles. The molecule has 0 aromatic carbocycles. The van der Waals surface area contributed by atoms with Crippen molar-refractivity contribution in [1.82, 2.24) is 5.32 Å². The Morgan fingerprint density at radius 2 is 0.811 bits per heavy atom. The van der Waals surface area contributed by atoms with Crippen molar-refractivity contribution in [3.63, 3.8) is 0 Å². The van der Waals surface area contributed by atoms with Gasteiger partial charge in [0.1, 0.15) is 6.10 Å². The number of unbranched alkanes of at least 4 members (excludes halogenated alkanes) is 33. The molecule has 0 saturated heterocycles. The van der Waals surface area contributed by atoms with Crippen molar-refractivity contribution in [2.75, 3.05) is 5.75 Å². The van der Waals surface area contributed by atoms with Crippen LogP contribution in [0.1, 0.15) is 245 Å². The van der Waals surface area contributed by atoms with Crippen molar-refractivity contribution in [3.05, 3.63) is 12.2 Å². The SMILES string of the molecule is CCCCCCCCCCCCCCCCCCCCC/C=C/C(O)C(CS(=O)(=O)O)NC(=O)C(O)CCCCCCCCCCCCCCCCC. The van der Waals surface area contributed by atoms with Gasteiger partial charge >= 0.3 is 0 Å². The highest BCUT2D eigenvalue weighted by Crippen LogP contribution is 2.17. The third-order valence-electron chi connectivity index (χ3n) is 10.8. The average Bonchev–Trinajstić information content (AvgIpc) is 3.12. The molecule has 0 aromatic rings. The van der Waals surface area contributed by atoms with E-state index in [2.05, 4.69) is 19.2 Å². The van der Waals surface area contributed by atoms with Crippen molar-refractivity contribution in [1.29, 1.82) is 0 Å². The monoisotopic (exact) mass is 772 g/mol. The first-order valence-corrected chi connectivity index (χ1v) is 24.6. The predicted octanol–water partition coefficient (Wildman–Crippen LogP) is 12.7. The number of aliphatic hydroxyl groups is 2. The third-order valence-corrected chi connectivity index (χ3v) is 11.6. The van der Waals surface area contributed by atoms with Crippen molar-refractivity contribution >= 4 is 16.0 Å². The standard InChI is InChI=1S/C45H89NO6S/c1-3-5-7-9-11-13-15-17-19-20-21-22-23-24-26-27-29-31-33-35-37-39-43(47)42(41-53(50,51)52)46-45(49)44(48)40-38-36-34-32-30-28-25-18-16-14-12-10-8-6-4-2/h37,39,42-44,47-48H,3-36,38,40-41H2,1-2H3,(H,46,49)(H,50,51,52)/b39-37+. The van der Waals surface area contributed by atoms with Gasteiger partial charge in [0.15, 0.2) is 0 Å². The quantitative estimate of drug-likeness (QED) is 0.0278. The van der Waals surface area contributed by atoms with Gasteiger partial charge in [-0.15, -0.1) is 0 Å². The number of carbonyl (C=O) groups is 1. The second kappa shape index (κ2) is 39.3. The number of amides is 1. The van der Waals surface area contributed by atoms with E-state index >= 15 is 0 Å². The lowest BCUT2D eigenvalue weighted by molar-refractivity contribution is -0.130. The molecule has 3 atom stereocenters. The fraction of sp³-hybridized carbons (Fsp3) is 0.933. The molecule has 0 spiro atoms. The molecule has 0 aliphatic rings. The maximum absolute atomic E-state index is 12.6. The summed E-state index contributed by atoms with van der Waals surface area (Å²) < 4.78 is 32.6. The summed E-state index contributed by atoms with van der Waals surface area (Å²) in [5.41, 5.74) is 0. The van der Waals surface area contributed by atoms with Gasteiger partial charge in [-0.2, -0.15) is 8.42 Å². The molecule has 4 N–H and O–H groups in total. The second-order valence-electron chi connectivity index (χ2n) is 16.2. The highest BCUT2D eigenvalue weighted by Gasteiger charge is 2.27. The lowest BCUT2D eigenvalue weighted by Gasteiger charge is -2.22. The Labute approximate surface area is 329 Å². The molecule has 8 heteroatoms. The van der Waals surface area contributed by atoms with Crippen LogP contribution in [0.4, 0.5) is 0 Å². The fourth-order valence-corrected chi connectivity index (χ4v) is 8.02. The maximum atomic E-state index is 12.6. The van der Waals surface area contributed by atoms with Crippen LogP contribution in [0, 0.1) is 0 Å². The average molecular weight is 772 g/mol. The van der Waals surface area contributed by atoms with Gasteiger partial charge in [0, 0.05) is 0 Å². The topological polar surface area (TPSA) is 124 Å². The van der Waals surface area contributed by atoms with Crippen LogP contribution < -0.4 is 5.32 Å². The summed E-state index contributed by atoms with van der Waals surface area (Å²) in [5.74, 6) is -1.52. The number of hydrogen-bond donors (Lipinski definition) is 4. The minimum absolute atomic E-state index is 0.286. The van der Waals surface area contributed by atoms with Gasteiger partial charge < -0.3 is 15.5 Å². The Bertz CT molecular complexity index is 911. The van der Waals surface area contributed by atoms with E-state index in [1.54, 1.807) is 0 Å². The van der Waals surface area contributed by atoms with Gasteiger partial charge in [-0.1, -0.05) is 238 Å². The summed E-state index contributed by atoms with van der Waals surface area (Å²) in [6, 6.07) is -1.23. The van der Waals surface area contributed by atoms with Crippen LogP contribution in [0.25, 0.3) is 0 Å². The molecule has 0 heterocycles. The van der Waals surface area contributed by atoms with Crippen LogP contribution in [0.2, 0.25) is 0 Å². The third kappa shape index (κ3) is 39.1. The molecule has 53 heavy (non-hydrogen) atoms. The Morgan fingerprint density at radius 1 is 0.509 bits per heavy atom. The van der Waals surface area contributed by atoms with Crippen molar-refractivity contribution in [3.8, 4) is 0 Å². The maximum Gasteiger partial charge on any atom is 0.267 e. The zero-order valence-electron chi connectivity index (χ0n) is 35.0. The van der Waals surface area contributed by atoms with Crippen LogP contribution in [-0.2, 0) is 14.9 Å². The van der Waals surface area contributed by atoms with Gasteiger partial charge in [0.25, 0.3) is 10.1 Å². The molecule has 0 aromatic heterocycles. The van der Waals surface area contributed by atoms with E-state index in [0.717, 1.165) is 38.5 Å². The Kier molecular flexibility index (Phi) is 38.6. The molecule has 0 aliphatic heterocycles. The molecule has 0 radical (unpaired) electrons.